The van der Waals surface area contributed by atoms with Crippen molar-refractivity contribution in [1.82, 2.24) is 10.1 Å². The molecule has 0 saturated carbocycles. The van der Waals surface area contributed by atoms with E-state index in [0.717, 1.165) is 17.0 Å². The first-order valence-corrected chi connectivity index (χ1v) is 10.1. The number of aliphatic hydroxyl groups is 1. The molecule has 2 amide bonds. The summed E-state index contributed by atoms with van der Waals surface area (Å²) in [7, 11) is 0. The zero-order chi connectivity index (χ0) is 23.0. The average molecular weight is 448 g/mol. The molecule has 2 aliphatic heterocycles. The van der Waals surface area contributed by atoms with Crippen LogP contribution in [0.15, 0.2) is 35.1 Å². The van der Waals surface area contributed by atoms with Gasteiger partial charge in [-0.3, -0.25) is 9.69 Å². The highest BCUT2D eigenvalue weighted by molar-refractivity contribution is 5.91. The van der Waals surface area contributed by atoms with Crippen LogP contribution in [0.4, 0.5) is 19.3 Å². The van der Waals surface area contributed by atoms with Gasteiger partial charge in [-0.05, 0) is 31.1 Å². The molecule has 0 bridgehead atoms. The second kappa shape index (κ2) is 8.67. The van der Waals surface area contributed by atoms with Gasteiger partial charge in [0.1, 0.15) is 29.7 Å². The van der Waals surface area contributed by atoms with Gasteiger partial charge in [-0.1, -0.05) is 11.2 Å². The number of carbonyl (C=O) groups is 2. The van der Waals surface area contributed by atoms with Crippen molar-refractivity contribution < 1.29 is 32.7 Å². The topological polar surface area (TPSA) is 122 Å². The van der Waals surface area contributed by atoms with Gasteiger partial charge >= 0.3 is 6.09 Å². The molecule has 1 unspecified atom stereocenters. The molecule has 1 aromatic heterocycles. The Morgan fingerprint density at radius 1 is 1.38 bits per heavy atom. The van der Waals surface area contributed by atoms with Crippen LogP contribution < -0.4 is 10.6 Å². The molecular weight excluding hydrogens is 426 g/mol. The molecule has 9 nitrogen and oxygen atoms in total. The molecule has 1 aromatic carbocycles. The monoisotopic (exact) mass is 448 g/mol. The lowest BCUT2D eigenvalue weighted by Crippen LogP contribution is -2.40. The maximum absolute atomic E-state index is 15.0. The van der Waals surface area contributed by atoms with Crippen LogP contribution in [0.1, 0.15) is 30.7 Å². The molecule has 32 heavy (non-hydrogen) atoms. The Hall–Kier alpha value is -3.31. The summed E-state index contributed by atoms with van der Waals surface area (Å²) in [5.74, 6) is -2.15. The van der Waals surface area contributed by atoms with Crippen LogP contribution in [-0.4, -0.2) is 58.9 Å². The Kier molecular flexibility index (Phi) is 5.94. The van der Waals surface area contributed by atoms with Crippen LogP contribution >= 0.6 is 0 Å². The number of aliphatic hydroxyl groups excluding tert-OH is 1. The van der Waals surface area contributed by atoms with Gasteiger partial charge in [0.15, 0.2) is 6.10 Å². The van der Waals surface area contributed by atoms with Crippen LogP contribution in [0.25, 0.3) is 5.57 Å². The lowest BCUT2D eigenvalue weighted by molar-refractivity contribution is -0.138. The molecule has 4 rings (SSSR count). The highest BCUT2D eigenvalue weighted by Gasteiger charge is 2.44. The number of nitrogens with zero attached hydrogens (tertiary/aromatic N) is 3. The van der Waals surface area contributed by atoms with Crippen molar-refractivity contribution in [3.05, 3.63) is 53.4 Å². The van der Waals surface area contributed by atoms with Crippen molar-refractivity contribution in [3.63, 3.8) is 0 Å². The SMILES string of the molecule is C[C@H](O)C(=O)N1CC=C(c2c(F)cc(N3C(=O)O[C@H](c4ccon4)C3CN)cc2F)CC1. The molecule has 11 heteroatoms. The van der Waals surface area contributed by atoms with E-state index in [1.54, 1.807) is 6.08 Å². The third-order valence-electron chi connectivity index (χ3n) is 5.60. The lowest BCUT2D eigenvalue weighted by Gasteiger charge is -2.28. The Balaban J connectivity index is 1.61. The number of nitrogens with two attached hydrogens (primary N) is 1. The van der Waals surface area contributed by atoms with Gasteiger partial charge in [0.2, 0.25) is 0 Å². The smallest absolute Gasteiger partial charge is 0.415 e. The first-order valence-electron chi connectivity index (χ1n) is 10.1. The fraction of sp³-hybridized carbons (Fsp3) is 0.381. The molecular formula is C21H22F2N4O5. The van der Waals surface area contributed by atoms with Gasteiger partial charge in [0.05, 0.1) is 11.7 Å². The van der Waals surface area contributed by atoms with Crippen LogP contribution in [-0.2, 0) is 9.53 Å². The second-order valence-corrected chi connectivity index (χ2v) is 7.63. The van der Waals surface area contributed by atoms with Gasteiger partial charge in [-0.15, -0.1) is 0 Å². The number of ether oxygens (including phenoxy) is 1. The highest BCUT2D eigenvalue weighted by atomic mass is 19.1. The maximum atomic E-state index is 15.0. The second-order valence-electron chi connectivity index (χ2n) is 7.63. The minimum Gasteiger partial charge on any atom is -0.437 e. The average Bonchev–Trinajstić information content (AvgIpc) is 3.40. The van der Waals surface area contributed by atoms with E-state index in [0.29, 0.717) is 11.3 Å². The van der Waals surface area contributed by atoms with Crippen LogP contribution in [0.2, 0.25) is 0 Å². The summed E-state index contributed by atoms with van der Waals surface area (Å²) < 4.78 is 40.2. The molecule has 3 atom stereocenters. The zero-order valence-corrected chi connectivity index (χ0v) is 17.2. The Labute approximate surface area is 182 Å². The van der Waals surface area contributed by atoms with Crippen molar-refractivity contribution in [2.45, 2.75) is 31.6 Å². The van der Waals surface area contributed by atoms with Crippen molar-refractivity contribution in [2.24, 2.45) is 5.73 Å². The number of aromatic nitrogens is 1. The number of amides is 2. The molecule has 2 aromatic rings. The molecule has 3 heterocycles. The molecule has 0 spiro atoms. The lowest BCUT2D eigenvalue weighted by atomic mass is 9.97. The first kappa shape index (κ1) is 21.9. The summed E-state index contributed by atoms with van der Waals surface area (Å²) >= 11 is 0. The molecule has 2 aliphatic rings. The number of cyclic esters (lactones) is 1. The van der Waals surface area contributed by atoms with E-state index in [9.17, 15) is 14.7 Å². The quantitative estimate of drug-likeness (QED) is 0.717. The third-order valence-corrected chi connectivity index (χ3v) is 5.60. The van der Waals surface area contributed by atoms with E-state index < -0.39 is 41.9 Å². The van der Waals surface area contributed by atoms with Gasteiger partial charge < -0.3 is 25.0 Å². The van der Waals surface area contributed by atoms with Crippen LogP contribution in [0, 0.1) is 11.6 Å². The van der Waals surface area contributed by atoms with E-state index in [2.05, 4.69) is 5.16 Å². The fourth-order valence-electron chi connectivity index (χ4n) is 4.03. The number of halogens is 2. The predicted molar refractivity (Wildman–Crippen MR) is 108 cm³/mol. The van der Waals surface area contributed by atoms with Gasteiger partial charge in [0, 0.05) is 31.3 Å². The van der Waals surface area contributed by atoms with E-state index >= 15 is 8.78 Å². The Morgan fingerprint density at radius 2 is 2.09 bits per heavy atom. The summed E-state index contributed by atoms with van der Waals surface area (Å²) in [4.78, 5) is 26.9. The van der Waals surface area contributed by atoms with Gasteiger partial charge in [0.25, 0.3) is 5.91 Å². The predicted octanol–water partition coefficient (Wildman–Crippen LogP) is 1.97. The standard InChI is InChI=1S/C21H22F2N4O5/c1-11(28)20(29)26-5-2-12(3-6-26)18-14(22)8-13(9-15(18)23)27-17(10-24)19(32-21(27)30)16-4-7-31-25-16/h2,4,7-9,11,17,19,28H,3,5-6,10,24H2,1H3/t11-,17?,19+/m0/s1. The number of rotatable bonds is 5. The third kappa shape index (κ3) is 3.84. The summed E-state index contributed by atoms with van der Waals surface area (Å²) in [6.07, 6.45) is 0.311. The minimum absolute atomic E-state index is 0.0301. The number of hydrogen-bond acceptors (Lipinski definition) is 7. The fourth-order valence-corrected chi connectivity index (χ4v) is 4.03. The van der Waals surface area contributed by atoms with E-state index in [1.165, 1.54) is 24.2 Å². The summed E-state index contributed by atoms with van der Waals surface area (Å²) in [6.45, 7) is 1.69. The molecule has 3 N–H and O–H groups in total. The Morgan fingerprint density at radius 3 is 2.62 bits per heavy atom. The number of carbonyl (C=O) groups excluding carboxylic acids is 2. The van der Waals surface area contributed by atoms with E-state index in [-0.39, 0.29) is 37.3 Å². The summed E-state index contributed by atoms with van der Waals surface area (Å²) in [6, 6.07) is 2.91. The summed E-state index contributed by atoms with van der Waals surface area (Å²) in [5.41, 5.74) is 6.32. The maximum Gasteiger partial charge on any atom is 0.415 e. The zero-order valence-electron chi connectivity index (χ0n) is 17.2. The summed E-state index contributed by atoms with van der Waals surface area (Å²) in [5, 5.41) is 13.2. The number of anilines is 1. The molecule has 1 fully saturated rings. The first-order chi connectivity index (χ1) is 15.3. The van der Waals surface area contributed by atoms with Crippen molar-refractivity contribution in [3.8, 4) is 0 Å². The minimum atomic E-state index is -1.14. The van der Waals surface area contributed by atoms with Crippen molar-refractivity contribution >= 4 is 23.3 Å². The van der Waals surface area contributed by atoms with Crippen molar-refractivity contribution in [1.29, 1.82) is 0 Å². The van der Waals surface area contributed by atoms with Crippen LogP contribution in [0.5, 0.6) is 0 Å². The van der Waals surface area contributed by atoms with E-state index in [4.69, 9.17) is 15.0 Å². The number of hydrogen-bond donors (Lipinski definition) is 2. The van der Waals surface area contributed by atoms with Gasteiger partial charge in [-0.2, -0.15) is 0 Å². The molecule has 170 valence electrons. The van der Waals surface area contributed by atoms with E-state index in [1.807, 2.05) is 0 Å². The van der Waals surface area contributed by atoms with Crippen molar-refractivity contribution in [2.75, 3.05) is 24.5 Å². The molecule has 0 aliphatic carbocycles. The largest absolute Gasteiger partial charge is 0.437 e. The normalized spacial score (nSPS) is 22.0. The van der Waals surface area contributed by atoms with Gasteiger partial charge in [-0.25, -0.2) is 13.6 Å². The Bertz CT molecular complexity index is 1030. The molecule has 0 radical (unpaired) electrons. The highest BCUT2D eigenvalue weighted by Crippen LogP contribution is 2.37. The number of benzene rings is 1. The molecule has 1 saturated heterocycles. The van der Waals surface area contributed by atoms with Crippen LogP contribution in [0.3, 0.4) is 0 Å².